The van der Waals surface area contributed by atoms with Gasteiger partial charge >= 0.3 is 0 Å². The van der Waals surface area contributed by atoms with E-state index in [0.717, 1.165) is 12.1 Å². The Morgan fingerprint density at radius 2 is 2.05 bits per heavy atom. The number of anilines is 1. The van der Waals surface area contributed by atoms with E-state index in [1.807, 2.05) is 20.1 Å². The maximum Gasteiger partial charge on any atom is 0.293 e. The summed E-state index contributed by atoms with van der Waals surface area (Å²) in [7, 11) is -3.76. The number of nitro groups is 1. The van der Waals surface area contributed by atoms with E-state index in [1.165, 1.54) is 17.8 Å². The molecule has 0 unspecified atom stereocenters. The summed E-state index contributed by atoms with van der Waals surface area (Å²) in [6.45, 7) is 4.05. The van der Waals surface area contributed by atoms with Crippen molar-refractivity contribution in [1.29, 1.82) is 0 Å². The van der Waals surface area contributed by atoms with Gasteiger partial charge in [0.15, 0.2) is 0 Å². The number of hydrogen-bond donors (Lipinski definition) is 3. The Bertz CT molecular complexity index is 631. The molecule has 0 aliphatic heterocycles. The Hall–Kier alpha value is -1.36. The number of hydrogen-bond acceptors (Lipinski definition) is 7. The molecule has 0 spiro atoms. The number of nitrogen functional groups attached to an aromatic ring is 1. The van der Waals surface area contributed by atoms with E-state index in [2.05, 4.69) is 10.1 Å². The average Bonchev–Trinajstić information content (AvgIpc) is 2.44. The fourth-order valence-electron chi connectivity index (χ4n) is 1.38. The summed E-state index contributed by atoms with van der Waals surface area (Å²) in [5, 5.41) is 10.8. The maximum atomic E-state index is 12.2. The number of nitrogens with zero attached hydrogens (tertiary/aromatic N) is 1. The van der Waals surface area contributed by atoms with Crippen LogP contribution in [-0.2, 0) is 10.0 Å². The van der Waals surface area contributed by atoms with E-state index in [0.29, 0.717) is 0 Å². The minimum atomic E-state index is -3.76. The second-order valence-electron chi connectivity index (χ2n) is 4.87. The van der Waals surface area contributed by atoms with E-state index >= 15 is 0 Å². The first-order valence-corrected chi connectivity index (χ1v) is 8.63. The van der Waals surface area contributed by atoms with E-state index in [4.69, 9.17) is 5.84 Å². The Balaban J connectivity index is 3.07. The van der Waals surface area contributed by atoms with Crippen LogP contribution in [0.3, 0.4) is 0 Å². The van der Waals surface area contributed by atoms with Gasteiger partial charge in [-0.15, -0.1) is 0 Å². The van der Waals surface area contributed by atoms with Crippen molar-refractivity contribution in [3.8, 4) is 0 Å². The van der Waals surface area contributed by atoms with Gasteiger partial charge < -0.3 is 5.43 Å². The molecule has 0 bridgehead atoms. The lowest BCUT2D eigenvalue weighted by Crippen LogP contribution is -2.36. The first-order chi connectivity index (χ1) is 9.63. The number of sulfonamides is 1. The molecule has 10 heteroatoms. The van der Waals surface area contributed by atoms with Crippen LogP contribution in [0.15, 0.2) is 23.1 Å². The topological polar surface area (TPSA) is 127 Å². The average molecular weight is 334 g/mol. The summed E-state index contributed by atoms with van der Waals surface area (Å²) in [4.78, 5) is 10.1. The minimum absolute atomic E-state index is 0.0630. The van der Waals surface area contributed by atoms with Crippen molar-refractivity contribution in [2.45, 2.75) is 23.5 Å². The molecule has 118 valence electrons. The lowest BCUT2D eigenvalue weighted by molar-refractivity contribution is -0.384. The molecule has 0 saturated carbocycles. The molecule has 21 heavy (non-hydrogen) atoms. The highest BCUT2D eigenvalue weighted by Gasteiger charge is 2.23. The van der Waals surface area contributed by atoms with Crippen molar-refractivity contribution < 1.29 is 13.3 Å². The van der Waals surface area contributed by atoms with Gasteiger partial charge in [-0.3, -0.25) is 16.0 Å². The first kappa shape index (κ1) is 17.7. The van der Waals surface area contributed by atoms with Crippen LogP contribution >= 0.6 is 11.8 Å². The number of hydrazine groups is 1. The van der Waals surface area contributed by atoms with Crippen molar-refractivity contribution in [2.24, 2.45) is 5.84 Å². The van der Waals surface area contributed by atoms with E-state index in [-0.39, 0.29) is 27.6 Å². The zero-order chi connectivity index (χ0) is 16.3. The number of benzene rings is 1. The van der Waals surface area contributed by atoms with Crippen LogP contribution in [0, 0.1) is 10.1 Å². The summed E-state index contributed by atoms with van der Waals surface area (Å²) in [5.41, 5.74) is 1.78. The molecule has 0 saturated heterocycles. The van der Waals surface area contributed by atoms with Crippen LogP contribution in [0.2, 0.25) is 0 Å². The standard InChI is InChI=1S/C11H18N4O4S2/c1-11(2,20-3)7-13-21(18,19)8-4-5-10(15(16)17)9(6-8)14-12/h4-6,13-14H,7,12H2,1-3H3. The molecule has 0 aromatic heterocycles. The van der Waals surface area contributed by atoms with Gasteiger partial charge in [-0.1, -0.05) is 0 Å². The summed E-state index contributed by atoms with van der Waals surface area (Å²) >= 11 is 1.53. The van der Waals surface area contributed by atoms with Crippen LogP contribution in [0.5, 0.6) is 0 Å². The molecule has 1 rings (SSSR count). The molecule has 4 N–H and O–H groups in total. The highest BCUT2D eigenvalue weighted by Crippen LogP contribution is 2.27. The Labute approximate surface area is 127 Å². The third kappa shape index (κ3) is 4.56. The Morgan fingerprint density at radius 3 is 2.52 bits per heavy atom. The lowest BCUT2D eigenvalue weighted by atomic mass is 10.2. The molecule has 0 fully saturated rings. The fourth-order valence-corrected chi connectivity index (χ4v) is 2.93. The molecule has 1 aromatic rings. The van der Waals surface area contributed by atoms with Gasteiger partial charge in [-0.05, 0) is 32.2 Å². The number of thioether (sulfide) groups is 1. The molecule has 1 aromatic carbocycles. The van der Waals surface area contributed by atoms with Gasteiger partial charge in [0, 0.05) is 17.4 Å². The van der Waals surface area contributed by atoms with E-state index < -0.39 is 14.9 Å². The third-order valence-electron chi connectivity index (χ3n) is 2.87. The van der Waals surface area contributed by atoms with Crippen LogP contribution in [0.4, 0.5) is 11.4 Å². The predicted molar refractivity (Wildman–Crippen MR) is 83.7 cm³/mol. The molecular weight excluding hydrogens is 316 g/mol. The van der Waals surface area contributed by atoms with Gasteiger partial charge in [0.2, 0.25) is 10.0 Å². The third-order valence-corrected chi connectivity index (χ3v) is 5.52. The molecule has 0 aliphatic rings. The zero-order valence-electron chi connectivity index (χ0n) is 11.9. The lowest BCUT2D eigenvalue weighted by Gasteiger charge is -2.22. The normalized spacial score (nSPS) is 12.2. The number of nitrogens with one attached hydrogen (secondary N) is 2. The molecule has 0 radical (unpaired) electrons. The molecule has 0 atom stereocenters. The molecule has 0 aliphatic carbocycles. The first-order valence-electron chi connectivity index (χ1n) is 5.93. The monoisotopic (exact) mass is 334 g/mol. The smallest absolute Gasteiger partial charge is 0.293 e. The van der Waals surface area contributed by atoms with Gasteiger partial charge in [-0.25, -0.2) is 13.1 Å². The Kier molecular flexibility index (Phi) is 5.56. The Morgan fingerprint density at radius 1 is 1.43 bits per heavy atom. The van der Waals surface area contributed by atoms with Crippen molar-refractivity contribution in [3.63, 3.8) is 0 Å². The largest absolute Gasteiger partial charge is 0.318 e. The second kappa shape index (κ2) is 6.60. The van der Waals surface area contributed by atoms with Crippen molar-refractivity contribution in [3.05, 3.63) is 28.3 Å². The summed E-state index contributed by atoms with van der Waals surface area (Å²) in [5.74, 6) is 5.19. The number of nitrogens with two attached hydrogens (primary N) is 1. The van der Waals surface area contributed by atoms with Crippen LogP contribution in [0.1, 0.15) is 13.8 Å². The predicted octanol–water partition coefficient (Wildman–Crippen LogP) is 1.30. The van der Waals surface area contributed by atoms with Crippen LogP contribution < -0.4 is 16.0 Å². The van der Waals surface area contributed by atoms with Gasteiger partial charge in [-0.2, -0.15) is 11.8 Å². The summed E-state index contributed by atoms with van der Waals surface area (Å²) in [6, 6.07) is 3.41. The van der Waals surface area contributed by atoms with Crippen molar-refractivity contribution in [1.82, 2.24) is 4.72 Å². The summed E-state index contributed by atoms with van der Waals surface area (Å²) in [6.07, 6.45) is 1.89. The SMILES string of the molecule is CSC(C)(C)CNS(=O)(=O)c1ccc([N+](=O)[O-])c(NN)c1. The van der Waals surface area contributed by atoms with Crippen molar-refractivity contribution >= 4 is 33.2 Å². The van der Waals surface area contributed by atoms with Gasteiger partial charge in [0.05, 0.1) is 9.82 Å². The quantitative estimate of drug-likeness (QED) is 0.389. The van der Waals surface area contributed by atoms with Gasteiger partial charge in [0.1, 0.15) is 5.69 Å². The van der Waals surface area contributed by atoms with Crippen molar-refractivity contribution in [2.75, 3.05) is 18.2 Å². The number of rotatable bonds is 7. The van der Waals surface area contributed by atoms with Gasteiger partial charge in [0.25, 0.3) is 5.69 Å². The summed E-state index contributed by atoms with van der Waals surface area (Å²) < 4.78 is 26.6. The zero-order valence-corrected chi connectivity index (χ0v) is 13.5. The highest BCUT2D eigenvalue weighted by atomic mass is 32.2. The van der Waals surface area contributed by atoms with E-state index in [1.54, 1.807) is 0 Å². The van der Waals surface area contributed by atoms with Crippen LogP contribution in [0.25, 0.3) is 0 Å². The molecule has 0 amide bonds. The molecule has 0 heterocycles. The number of nitro benzene ring substituents is 1. The highest BCUT2D eigenvalue weighted by molar-refractivity contribution is 8.00. The maximum absolute atomic E-state index is 12.2. The fraction of sp³-hybridized carbons (Fsp3) is 0.455. The minimum Gasteiger partial charge on any atom is -0.318 e. The molecule has 8 nitrogen and oxygen atoms in total. The van der Waals surface area contributed by atoms with E-state index in [9.17, 15) is 18.5 Å². The molecular formula is C11H18N4O4S2. The second-order valence-corrected chi connectivity index (χ2v) is 8.15. The van der Waals surface area contributed by atoms with Crippen LogP contribution in [-0.4, -0.2) is 30.9 Å².